The van der Waals surface area contributed by atoms with Crippen LogP contribution in [0.4, 0.5) is 5.69 Å². The highest BCUT2D eigenvalue weighted by Crippen LogP contribution is 2.34. The third-order valence-electron chi connectivity index (χ3n) is 3.34. The number of hydrogen-bond donors (Lipinski definition) is 1. The van der Waals surface area contributed by atoms with Gasteiger partial charge in [-0.05, 0) is 46.3 Å². The van der Waals surface area contributed by atoms with Crippen molar-refractivity contribution in [2.75, 3.05) is 25.1 Å². The Kier molecular flexibility index (Phi) is 5.91. The van der Waals surface area contributed by atoms with Gasteiger partial charge < -0.3 is 14.6 Å². The molecular formula is C16H16BrNO6S. The Hall–Kier alpha value is -2.26. The Balaban J connectivity index is 2.60. The number of nitrogens with zero attached hydrogens (tertiary/aromatic N) is 1. The van der Waals surface area contributed by atoms with Crippen LogP contribution in [0.2, 0.25) is 0 Å². The van der Waals surface area contributed by atoms with Crippen molar-refractivity contribution in [2.24, 2.45) is 0 Å². The molecule has 0 bridgehead atoms. The molecule has 7 nitrogen and oxygen atoms in total. The summed E-state index contributed by atoms with van der Waals surface area (Å²) in [4.78, 5) is 11.2. The van der Waals surface area contributed by atoms with Gasteiger partial charge in [0.2, 0.25) is 0 Å². The average Bonchev–Trinajstić information content (AvgIpc) is 2.59. The fourth-order valence-corrected chi connectivity index (χ4v) is 4.34. The number of anilines is 1. The van der Waals surface area contributed by atoms with Crippen LogP contribution in [-0.2, 0) is 14.8 Å². The number of carbonyl (C=O) groups is 1. The molecule has 0 atom stereocenters. The van der Waals surface area contributed by atoms with Crippen molar-refractivity contribution in [3.8, 4) is 11.5 Å². The third-order valence-corrected chi connectivity index (χ3v) is 5.72. The van der Waals surface area contributed by atoms with Gasteiger partial charge in [0.1, 0.15) is 18.0 Å². The van der Waals surface area contributed by atoms with E-state index in [4.69, 9.17) is 9.47 Å². The van der Waals surface area contributed by atoms with E-state index in [0.717, 1.165) is 4.31 Å². The summed E-state index contributed by atoms with van der Waals surface area (Å²) < 4.78 is 37.6. The van der Waals surface area contributed by atoms with Gasteiger partial charge in [-0.25, -0.2) is 8.42 Å². The lowest BCUT2D eigenvalue weighted by atomic mass is 10.3. The van der Waals surface area contributed by atoms with Crippen LogP contribution in [0, 0.1) is 0 Å². The number of sulfonamides is 1. The Morgan fingerprint density at radius 1 is 1.12 bits per heavy atom. The molecule has 0 amide bonds. The van der Waals surface area contributed by atoms with Gasteiger partial charge in [-0.1, -0.05) is 12.1 Å². The fourth-order valence-electron chi connectivity index (χ4n) is 2.19. The number of rotatable bonds is 7. The Bertz CT molecular complexity index is 884. The van der Waals surface area contributed by atoms with E-state index in [9.17, 15) is 18.3 Å². The zero-order valence-electron chi connectivity index (χ0n) is 13.5. The van der Waals surface area contributed by atoms with E-state index in [1.54, 1.807) is 18.2 Å². The van der Waals surface area contributed by atoms with E-state index in [2.05, 4.69) is 15.9 Å². The summed E-state index contributed by atoms with van der Waals surface area (Å²) in [5.41, 5.74) is 0.138. The van der Waals surface area contributed by atoms with Crippen LogP contribution in [0.5, 0.6) is 11.5 Å². The number of ether oxygens (including phenoxy) is 2. The number of halogens is 1. The monoisotopic (exact) mass is 429 g/mol. The Labute approximate surface area is 154 Å². The summed E-state index contributed by atoms with van der Waals surface area (Å²) in [5, 5.41) is 9.18. The van der Waals surface area contributed by atoms with Gasteiger partial charge in [0, 0.05) is 0 Å². The van der Waals surface area contributed by atoms with Gasteiger partial charge >= 0.3 is 5.97 Å². The number of aliphatic carboxylic acids is 1. The number of carboxylic acids is 1. The van der Waals surface area contributed by atoms with Crippen molar-refractivity contribution in [3.05, 3.63) is 46.9 Å². The zero-order chi connectivity index (χ0) is 18.6. The second-order valence-corrected chi connectivity index (χ2v) is 7.59. The number of carboxylic acid groups (broad SMARTS) is 1. The summed E-state index contributed by atoms with van der Waals surface area (Å²) in [5.74, 6) is -0.581. The quantitative estimate of drug-likeness (QED) is 0.726. The number of hydrogen-bond acceptors (Lipinski definition) is 5. The molecule has 25 heavy (non-hydrogen) atoms. The van der Waals surface area contributed by atoms with Crippen molar-refractivity contribution < 1.29 is 27.8 Å². The molecule has 0 saturated carbocycles. The first-order valence-corrected chi connectivity index (χ1v) is 9.25. The molecule has 134 valence electrons. The molecule has 0 unspecified atom stereocenters. The van der Waals surface area contributed by atoms with E-state index in [-0.39, 0.29) is 16.3 Å². The molecule has 2 rings (SSSR count). The molecule has 9 heteroatoms. The second kappa shape index (κ2) is 7.75. The van der Waals surface area contributed by atoms with Crippen molar-refractivity contribution in [2.45, 2.75) is 4.90 Å². The van der Waals surface area contributed by atoms with Gasteiger partial charge in [0.05, 0.1) is 29.3 Å². The molecule has 2 aromatic rings. The van der Waals surface area contributed by atoms with Gasteiger partial charge in [-0.15, -0.1) is 0 Å². The number of para-hydroxylation sites is 2. The summed E-state index contributed by atoms with van der Waals surface area (Å²) in [7, 11) is -1.30. The van der Waals surface area contributed by atoms with E-state index in [1.165, 1.54) is 38.5 Å². The van der Waals surface area contributed by atoms with Crippen LogP contribution >= 0.6 is 15.9 Å². The summed E-state index contributed by atoms with van der Waals surface area (Å²) in [6, 6.07) is 10.5. The average molecular weight is 430 g/mol. The molecular weight excluding hydrogens is 414 g/mol. The maximum Gasteiger partial charge on any atom is 0.324 e. The van der Waals surface area contributed by atoms with E-state index in [0.29, 0.717) is 10.2 Å². The summed E-state index contributed by atoms with van der Waals surface area (Å²) in [6.07, 6.45) is 0. The minimum atomic E-state index is -4.14. The summed E-state index contributed by atoms with van der Waals surface area (Å²) >= 11 is 3.24. The molecule has 1 N–H and O–H groups in total. The lowest BCUT2D eigenvalue weighted by Crippen LogP contribution is -2.36. The standard InChI is InChI=1S/C16H16BrNO6S/c1-23-14-8-7-11(9-12(14)17)25(21,22)18(10-16(19)20)13-5-3-4-6-15(13)24-2/h3-9H,10H2,1-2H3,(H,19,20). The SMILES string of the molecule is COc1ccc(S(=O)(=O)N(CC(=O)O)c2ccccc2OC)cc1Br. The van der Waals surface area contributed by atoms with Crippen molar-refractivity contribution in [1.29, 1.82) is 0 Å². The van der Waals surface area contributed by atoms with Crippen LogP contribution in [0.3, 0.4) is 0 Å². The summed E-state index contributed by atoms with van der Waals surface area (Å²) in [6.45, 7) is -0.744. The third kappa shape index (κ3) is 4.05. The highest BCUT2D eigenvalue weighted by Gasteiger charge is 2.29. The molecule has 0 aromatic heterocycles. The molecule has 2 aromatic carbocycles. The van der Waals surface area contributed by atoms with Crippen LogP contribution in [0.1, 0.15) is 0 Å². The van der Waals surface area contributed by atoms with Crippen molar-refractivity contribution in [1.82, 2.24) is 0 Å². The molecule has 0 spiro atoms. The van der Waals surface area contributed by atoms with Crippen LogP contribution in [0.25, 0.3) is 0 Å². The maximum atomic E-state index is 13.0. The molecule has 0 fully saturated rings. The predicted octanol–water partition coefficient (Wildman–Crippen LogP) is 2.75. The van der Waals surface area contributed by atoms with Crippen LogP contribution in [-0.4, -0.2) is 40.3 Å². The maximum absolute atomic E-state index is 13.0. The highest BCUT2D eigenvalue weighted by atomic mass is 79.9. The number of methoxy groups -OCH3 is 2. The van der Waals surface area contributed by atoms with Gasteiger partial charge in [-0.2, -0.15) is 0 Å². The largest absolute Gasteiger partial charge is 0.496 e. The lowest BCUT2D eigenvalue weighted by molar-refractivity contribution is -0.135. The molecule has 0 saturated heterocycles. The molecule has 0 aliphatic carbocycles. The Morgan fingerprint density at radius 3 is 2.32 bits per heavy atom. The first-order valence-electron chi connectivity index (χ1n) is 7.02. The van der Waals surface area contributed by atoms with Crippen LogP contribution < -0.4 is 13.8 Å². The second-order valence-electron chi connectivity index (χ2n) is 4.87. The highest BCUT2D eigenvalue weighted by molar-refractivity contribution is 9.10. The van der Waals surface area contributed by atoms with Crippen molar-refractivity contribution in [3.63, 3.8) is 0 Å². The Morgan fingerprint density at radius 2 is 1.76 bits per heavy atom. The van der Waals surface area contributed by atoms with E-state index < -0.39 is 22.5 Å². The molecule has 0 radical (unpaired) electrons. The zero-order valence-corrected chi connectivity index (χ0v) is 15.9. The molecule has 0 aliphatic heterocycles. The van der Waals surface area contributed by atoms with E-state index >= 15 is 0 Å². The normalized spacial score (nSPS) is 11.0. The van der Waals surface area contributed by atoms with Crippen LogP contribution in [0.15, 0.2) is 51.8 Å². The first kappa shape index (κ1) is 19.1. The minimum absolute atomic E-state index is 0.0765. The predicted molar refractivity (Wildman–Crippen MR) is 95.9 cm³/mol. The van der Waals surface area contributed by atoms with Crippen molar-refractivity contribution >= 4 is 37.6 Å². The first-order chi connectivity index (χ1) is 11.8. The smallest absolute Gasteiger partial charge is 0.324 e. The minimum Gasteiger partial charge on any atom is -0.496 e. The lowest BCUT2D eigenvalue weighted by Gasteiger charge is -2.24. The van der Waals surface area contributed by atoms with E-state index in [1.807, 2.05) is 0 Å². The molecule has 0 aliphatic rings. The topological polar surface area (TPSA) is 93.1 Å². The van der Waals surface area contributed by atoms with Gasteiger partial charge in [0.15, 0.2) is 0 Å². The number of benzene rings is 2. The van der Waals surface area contributed by atoms with Gasteiger partial charge in [-0.3, -0.25) is 9.10 Å². The van der Waals surface area contributed by atoms with Gasteiger partial charge in [0.25, 0.3) is 10.0 Å². The molecule has 0 heterocycles. The fraction of sp³-hybridized carbons (Fsp3) is 0.188.